The fourth-order valence-corrected chi connectivity index (χ4v) is 2.13. The number of fused-ring (bicyclic) bond motifs is 1. The molecule has 5 heteroatoms. The van der Waals surface area contributed by atoms with Crippen LogP contribution >= 0.6 is 0 Å². The van der Waals surface area contributed by atoms with E-state index >= 15 is 0 Å². The zero-order chi connectivity index (χ0) is 14.9. The number of rotatable bonds is 6. The van der Waals surface area contributed by atoms with Crippen molar-refractivity contribution >= 4 is 16.9 Å². The molecule has 0 fully saturated rings. The number of ether oxygens (including phenoxy) is 1. The maximum absolute atomic E-state index is 5.03. The summed E-state index contributed by atoms with van der Waals surface area (Å²) in [5.41, 5.74) is 2.19. The van der Waals surface area contributed by atoms with Crippen LogP contribution in [0.3, 0.4) is 0 Å². The van der Waals surface area contributed by atoms with E-state index in [4.69, 9.17) is 4.74 Å². The van der Waals surface area contributed by atoms with Crippen LogP contribution in [0.15, 0.2) is 41.5 Å². The number of para-hydroxylation sites is 1. The van der Waals surface area contributed by atoms with Gasteiger partial charge in [0.1, 0.15) is 0 Å². The van der Waals surface area contributed by atoms with E-state index in [0.717, 1.165) is 42.0 Å². The van der Waals surface area contributed by atoms with Crippen molar-refractivity contribution in [3.05, 3.63) is 42.1 Å². The standard InChI is InChI=1S/C16H22N4O/c1-17-16(19-10-5-11-21-2)20-12-14-7-3-6-13-8-4-9-18-15(13)14/h3-4,6-9H,5,10-12H2,1-2H3,(H2,17,19,20). The zero-order valence-electron chi connectivity index (χ0n) is 12.6. The van der Waals surface area contributed by atoms with Crippen LogP contribution in [0, 0.1) is 0 Å². The second-order valence-electron chi connectivity index (χ2n) is 4.69. The second kappa shape index (κ2) is 8.21. The molecule has 0 unspecified atom stereocenters. The number of hydrogen-bond donors (Lipinski definition) is 2. The number of nitrogens with zero attached hydrogens (tertiary/aromatic N) is 2. The van der Waals surface area contributed by atoms with Crippen LogP contribution in [-0.2, 0) is 11.3 Å². The maximum Gasteiger partial charge on any atom is 0.191 e. The van der Waals surface area contributed by atoms with Crippen molar-refractivity contribution < 1.29 is 4.74 Å². The van der Waals surface area contributed by atoms with E-state index < -0.39 is 0 Å². The van der Waals surface area contributed by atoms with E-state index in [2.05, 4.69) is 44.9 Å². The van der Waals surface area contributed by atoms with Gasteiger partial charge in [0.2, 0.25) is 0 Å². The number of methoxy groups -OCH3 is 1. The highest BCUT2D eigenvalue weighted by atomic mass is 16.5. The Hall–Kier alpha value is -2.14. The number of aliphatic imine (C=N–C) groups is 1. The quantitative estimate of drug-likeness (QED) is 0.484. The van der Waals surface area contributed by atoms with Gasteiger partial charge in [-0.25, -0.2) is 0 Å². The monoisotopic (exact) mass is 286 g/mol. The highest BCUT2D eigenvalue weighted by molar-refractivity contribution is 5.83. The summed E-state index contributed by atoms with van der Waals surface area (Å²) in [6, 6.07) is 10.2. The van der Waals surface area contributed by atoms with Crippen LogP contribution in [0.1, 0.15) is 12.0 Å². The molecule has 0 saturated carbocycles. The molecule has 0 spiro atoms. The molecule has 0 amide bonds. The minimum atomic E-state index is 0.693. The van der Waals surface area contributed by atoms with E-state index in [1.807, 2.05) is 12.3 Å². The summed E-state index contributed by atoms with van der Waals surface area (Å²) in [5, 5.41) is 7.73. The fraction of sp³-hybridized carbons (Fsp3) is 0.375. The summed E-state index contributed by atoms with van der Waals surface area (Å²) >= 11 is 0. The summed E-state index contributed by atoms with van der Waals surface area (Å²) in [5.74, 6) is 0.791. The average Bonchev–Trinajstić information content (AvgIpc) is 2.54. The molecule has 0 bridgehead atoms. The predicted octanol–water partition coefficient (Wildman–Crippen LogP) is 1.94. The van der Waals surface area contributed by atoms with Gasteiger partial charge in [0.25, 0.3) is 0 Å². The van der Waals surface area contributed by atoms with Gasteiger partial charge in [-0.15, -0.1) is 0 Å². The zero-order valence-corrected chi connectivity index (χ0v) is 12.6. The smallest absolute Gasteiger partial charge is 0.191 e. The lowest BCUT2D eigenvalue weighted by Crippen LogP contribution is -2.37. The largest absolute Gasteiger partial charge is 0.385 e. The lowest BCUT2D eigenvalue weighted by Gasteiger charge is -2.12. The fourth-order valence-electron chi connectivity index (χ4n) is 2.13. The third kappa shape index (κ3) is 4.43. The first kappa shape index (κ1) is 15.3. The molecule has 1 aromatic heterocycles. The Bertz CT molecular complexity index is 592. The van der Waals surface area contributed by atoms with Crippen molar-refractivity contribution in [3.8, 4) is 0 Å². The maximum atomic E-state index is 5.03. The van der Waals surface area contributed by atoms with Crippen molar-refractivity contribution in [3.63, 3.8) is 0 Å². The molecule has 112 valence electrons. The third-order valence-corrected chi connectivity index (χ3v) is 3.20. The summed E-state index contributed by atoms with van der Waals surface area (Å²) in [6.45, 7) is 2.27. The average molecular weight is 286 g/mol. The van der Waals surface area contributed by atoms with Crippen LogP contribution in [0.5, 0.6) is 0 Å². The molecule has 0 aliphatic rings. The predicted molar refractivity (Wildman–Crippen MR) is 86.4 cm³/mol. The minimum absolute atomic E-state index is 0.693. The number of pyridine rings is 1. The molecule has 21 heavy (non-hydrogen) atoms. The number of hydrogen-bond acceptors (Lipinski definition) is 3. The second-order valence-corrected chi connectivity index (χ2v) is 4.69. The molecular formula is C16H22N4O. The van der Waals surface area contributed by atoms with Gasteiger partial charge in [0, 0.05) is 45.4 Å². The first-order valence-corrected chi connectivity index (χ1v) is 7.11. The van der Waals surface area contributed by atoms with Gasteiger partial charge >= 0.3 is 0 Å². The number of benzene rings is 1. The first-order valence-electron chi connectivity index (χ1n) is 7.11. The van der Waals surface area contributed by atoms with Gasteiger partial charge in [-0.05, 0) is 18.1 Å². The summed E-state index contributed by atoms with van der Waals surface area (Å²) in [4.78, 5) is 8.67. The van der Waals surface area contributed by atoms with Crippen molar-refractivity contribution in [2.75, 3.05) is 27.3 Å². The molecule has 0 aliphatic carbocycles. The van der Waals surface area contributed by atoms with Crippen LogP contribution in [-0.4, -0.2) is 38.3 Å². The summed E-state index contributed by atoms with van der Waals surface area (Å²) in [7, 11) is 3.48. The summed E-state index contributed by atoms with van der Waals surface area (Å²) in [6.07, 6.45) is 2.77. The SMILES string of the molecule is CN=C(NCCCOC)NCc1cccc2cccnc12. The Balaban J connectivity index is 1.94. The highest BCUT2D eigenvalue weighted by Crippen LogP contribution is 2.15. The van der Waals surface area contributed by atoms with Crippen LogP contribution in [0.4, 0.5) is 0 Å². The van der Waals surface area contributed by atoms with E-state index in [-0.39, 0.29) is 0 Å². The molecule has 0 atom stereocenters. The minimum Gasteiger partial charge on any atom is -0.385 e. The number of nitrogens with one attached hydrogen (secondary N) is 2. The van der Waals surface area contributed by atoms with E-state index in [1.165, 1.54) is 0 Å². The molecule has 5 nitrogen and oxygen atoms in total. The van der Waals surface area contributed by atoms with Gasteiger partial charge in [0.15, 0.2) is 5.96 Å². The van der Waals surface area contributed by atoms with Crippen molar-refractivity contribution in [1.82, 2.24) is 15.6 Å². The Morgan fingerprint density at radius 3 is 2.90 bits per heavy atom. The highest BCUT2D eigenvalue weighted by Gasteiger charge is 2.03. The van der Waals surface area contributed by atoms with Crippen LogP contribution < -0.4 is 10.6 Å². The topological polar surface area (TPSA) is 58.5 Å². The number of guanidine groups is 1. The molecule has 0 aliphatic heterocycles. The van der Waals surface area contributed by atoms with Crippen LogP contribution in [0.25, 0.3) is 10.9 Å². The van der Waals surface area contributed by atoms with E-state index in [9.17, 15) is 0 Å². The van der Waals surface area contributed by atoms with Crippen molar-refractivity contribution in [2.45, 2.75) is 13.0 Å². The Kier molecular flexibility index (Phi) is 5.97. The Labute approximate surface area is 125 Å². The van der Waals surface area contributed by atoms with Gasteiger partial charge < -0.3 is 15.4 Å². The Morgan fingerprint density at radius 2 is 2.10 bits per heavy atom. The molecule has 2 rings (SSSR count). The third-order valence-electron chi connectivity index (χ3n) is 3.20. The molecule has 1 aromatic carbocycles. The lowest BCUT2D eigenvalue weighted by atomic mass is 10.1. The molecule has 2 aromatic rings. The van der Waals surface area contributed by atoms with E-state index in [0.29, 0.717) is 6.54 Å². The van der Waals surface area contributed by atoms with Gasteiger partial charge in [-0.1, -0.05) is 24.3 Å². The van der Waals surface area contributed by atoms with Crippen molar-refractivity contribution in [2.24, 2.45) is 4.99 Å². The molecule has 2 N–H and O–H groups in total. The van der Waals surface area contributed by atoms with E-state index in [1.54, 1.807) is 14.2 Å². The Morgan fingerprint density at radius 1 is 1.24 bits per heavy atom. The molecule has 0 radical (unpaired) electrons. The van der Waals surface area contributed by atoms with Gasteiger partial charge in [0.05, 0.1) is 5.52 Å². The summed E-state index contributed by atoms with van der Waals surface area (Å²) < 4.78 is 5.03. The molecule has 0 saturated heterocycles. The number of aromatic nitrogens is 1. The van der Waals surface area contributed by atoms with Crippen molar-refractivity contribution in [1.29, 1.82) is 0 Å². The molecular weight excluding hydrogens is 264 g/mol. The first-order chi connectivity index (χ1) is 10.3. The normalized spacial score (nSPS) is 11.6. The lowest BCUT2D eigenvalue weighted by molar-refractivity contribution is 0.195. The van der Waals surface area contributed by atoms with Crippen LogP contribution in [0.2, 0.25) is 0 Å². The van der Waals surface area contributed by atoms with Gasteiger partial charge in [-0.3, -0.25) is 9.98 Å². The molecule has 1 heterocycles. The van der Waals surface area contributed by atoms with Gasteiger partial charge in [-0.2, -0.15) is 0 Å².